The van der Waals surface area contributed by atoms with Crippen LogP contribution in [0.2, 0.25) is 0 Å². The van der Waals surface area contributed by atoms with Crippen molar-refractivity contribution in [1.82, 2.24) is 18.3 Å². The first-order chi connectivity index (χ1) is 59.4. The first-order valence-corrected chi connectivity index (χ1v) is 39.4. The van der Waals surface area contributed by atoms with Gasteiger partial charge in [0.15, 0.2) is 0 Å². The topological polar surface area (TPSA) is 26.2 Å². The SMILES string of the molecule is Cc1cc(C)cc(-n2c3ccccc3c3cc(-c4ccc5c(c4)c4ccccc4n5-c4cccc(N(c5ccccc5)c5ccc(-c6ccccc6)cc5)c4)ccc32)c1.[2H]c1c([2H])c([2H])c(N(c2ccc(-c3ccccc3)cc2)c2cccc(-n3c4ccccc4c4cc(-c5ccc6c(c5)c5ccccc5n6-c5ccccc5)ccc43)c2)c([2H])c1[2H]. The van der Waals surface area contributed by atoms with E-state index in [1.54, 1.807) is 4.90 Å². The first-order valence-electron chi connectivity index (χ1n) is 41.9. The van der Waals surface area contributed by atoms with Gasteiger partial charge in [-0.25, -0.2) is 0 Å². The molecule has 4 heterocycles. The van der Waals surface area contributed by atoms with Crippen molar-refractivity contribution in [2.45, 2.75) is 13.8 Å². The summed E-state index contributed by atoms with van der Waals surface area (Å²) in [5.41, 5.74) is 29.8. The van der Waals surface area contributed by atoms with Crippen LogP contribution >= 0.6 is 0 Å². The quantitative estimate of drug-likeness (QED) is 0.108. The normalized spacial score (nSPS) is 12.1. The van der Waals surface area contributed by atoms with E-state index in [0.717, 1.165) is 83.7 Å². The highest BCUT2D eigenvalue weighted by Gasteiger charge is 2.23. The van der Waals surface area contributed by atoms with E-state index in [-0.39, 0.29) is 29.9 Å². The molecule has 116 heavy (non-hydrogen) atoms. The Bertz CT molecular complexity index is 7740. The fourth-order valence-corrected chi connectivity index (χ4v) is 17.6. The maximum absolute atomic E-state index is 9.05. The van der Waals surface area contributed by atoms with E-state index in [1.807, 2.05) is 84.9 Å². The van der Waals surface area contributed by atoms with Crippen LogP contribution in [0.1, 0.15) is 18.0 Å². The highest BCUT2D eigenvalue weighted by atomic mass is 15.2. The van der Waals surface area contributed by atoms with Gasteiger partial charge < -0.3 is 28.1 Å². The molecule has 0 atom stereocenters. The fraction of sp³-hybridized carbons (Fsp3) is 0.0182. The predicted molar refractivity (Wildman–Crippen MR) is 491 cm³/mol. The molecule has 0 saturated carbocycles. The molecule has 6 nitrogen and oxygen atoms in total. The average molecular weight is 1490 g/mol. The van der Waals surface area contributed by atoms with Gasteiger partial charge in [0, 0.05) is 100.0 Å². The van der Waals surface area contributed by atoms with Gasteiger partial charge in [-0.1, -0.05) is 255 Å². The maximum Gasteiger partial charge on any atom is 0.0645 e. The van der Waals surface area contributed by atoms with E-state index >= 15 is 0 Å². The zero-order chi connectivity index (χ0) is 81.5. The van der Waals surface area contributed by atoms with Crippen molar-refractivity contribution in [1.29, 1.82) is 0 Å². The molecular weight excluding hydrogens is 1410 g/mol. The number of rotatable bonds is 14. The Morgan fingerprint density at radius 1 is 0.181 bits per heavy atom. The van der Waals surface area contributed by atoms with Crippen molar-refractivity contribution in [3.8, 4) is 67.3 Å². The van der Waals surface area contributed by atoms with E-state index in [9.17, 15) is 0 Å². The summed E-state index contributed by atoms with van der Waals surface area (Å²) in [4.78, 5) is 4.12. The molecule has 6 heteroatoms. The number of fused-ring (bicyclic) bond motifs is 12. The summed E-state index contributed by atoms with van der Waals surface area (Å²) in [6, 6.07) is 142. The summed E-state index contributed by atoms with van der Waals surface area (Å²) in [7, 11) is 0. The molecule has 0 aliphatic rings. The highest BCUT2D eigenvalue weighted by Crippen LogP contribution is 2.45. The highest BCUT2D eigenvalue weighted by molar-refractivity contribution is 6.15. The fourth-order valence-electron chi connectivity index (χ4n) is 17.6. The molecule has 0 fully saturated rings. The zero-order valence-corrected chi connectivity index (χ0v) is 63.9. The molecule has 4 aromatic heterocycles. The number of hydrogen-bond acceptors (Lipinski definition) is 2. The second kappa shape index (κ2) is 29.1. The van der Waals surface area contributed by atoms with Gasteiger partial charge in [0.2, 0.25) is 0 Å². The van der Waals surface area contributed by atoms with Crippen LogP contribution in [0.5, 0.6) is 0 Å². The third-order valence-electron chi connectivity index (χ3n) is 22.7. The van der Waals surface area contributed by atoms with E-state index in [2.05, 4.69) is 359 Å². The minimum Gasteiger partial charge on any atom is -0.310 e. The zero-order valence-electron chi connectivity index (χ0n) is 68.9. The average Bonchev–Trinajstić information content (AvgIpc) is 1.65. The molecule has 0 aliphatic carbocycles. The lowest BCUT2D eigenvalue weighted by atomic mass is 10.0. The molecule has 0 spiro atoms. The molecule has 0 amide bonds. The van der Waals surface area contributed by atoms with Gasteiger partial charge in [-0.3, -0.25) is 0 Å². The van der Waals surface area contributed by atoms with Gasteiger partial charge in [-0.05, 0) is 251 Å². The Kier molecular flexibility index (Phi) is 15.9. The van der Waals surface area contributed by atoms with E-state index in [4.69, 9.17) is 6.85 Å². The number of para-hydroxylation sites is 7. The van der Waals surface area contributed by atoms with Crippen molar-refractivity contribution in [2.24, 2.45) is 0 Å². The molecule has 548 valence electrons. The Balaban J connectivity index is 0.000000150. The molecular formula is C110H78N6. The number of benzene rings is 18. The molecule has 18 aromatic carbocycles. The molecule has 22 aromatic rings. The van der Waals surface area contributed by atoms with Crippen LogP contribution in [0.3, 0.4) is 0 Å². The summed E-state index contributed by atoms with van der Waals surface area (Å²) in [5.74, 6) is 0. The monoisotopic (exact) mass is 1490 g/mol. The standard InChI is InChI=1S/C56H41N3.C54H37N3/c1-38-32-39(2)34-48(33-38)59-54-23-12-10-21-50(54)52-36-43(27-31-56(52)59)42-26-30-55-51(35-42)49-20-9-11-22-53(49)58(55)47-19-13-18-46(37-47)57(44-16-7-4-8-17-44)45-28-24-41(25-29-45)40-14-5-3-6-15-40;1-4-15-38(16-5-1)39-27-31-44(32-28-39)55(42-17-6-2-7-18-42)45-21-14-22-46(37-45)57-52-26-13-11-24-48(52)50-36-41(30-34-54(50)57)40-29-33-53-49(35-40)47-23-10-12-25-51(47)56(53)43-19-8-3-9-20-43/h3-37H,1-2H3;1-37H/i;2D,6D,7D,17D,18D. The van der Waals surface area contributed by atoms with Crippen LogP contribution in [0.4, 0.5) is 34.1 Å². The van der Waals surface area contributed by atoms with Gasteiger partial charge >= 0.3 is 0 Å². The molecule has 0 radical (unpaired) electrons. The molecule has 0 unspecified atom stereocenters. The molecule has 0 N–H and O–H groups in total. The summed E-state index contributed by atoms with van der Waals surface area (Å²) in [6.07, 6.45) is 0. The summed E-state index contributed by atoms with van der Waals surface area (Å²) in [6.45, 7) is 4.36. The van der Waals surface area contributed by atoms with Crippen LogP contribution in [0.15, 0.2) is 437 Å². The van der Waals surface area contributed by atoms with Crippen LogP contribution in [-0.2, 0) is 0 Å². The van der Waals surface area contributed by atoms with Gasteiger partial charge in [0.25, 0.3) is 0 Å². The van der Waals surface area contributed by atoms with Gasteiger partial charge in [0.05, 0.1) is 51.0 Å². The number of aryl methyl sites for hydroxylation is 2. The second-order valence-corrected chi connectivity index (χ2v) is 29.9. The minimum atomic E-state index is -0.430. The van der Waals surface area contributed by atoms with E-state index in [0.29, 0.717) is 11.4 Å². The maximum atomic E-state index is 9.05. The lowest BCUT2D eigenvalue weighted by Crippen LogP contribution is -2.10. The molecule has 22 rings (SSSR count). The largest absolute Gasteiger partial charge is 0.310 e. The van der Waals surface area contributed by atoms with Crippen LogP contribution in [0, 0.1) is 13.8 Å². The third kappa shape index (κ3) is 12.3. The van der Waals surface area contributed by atoms with E-state index < -0.39 is 6.04 Å². The van der Waals surface area contributed by atoms with Crippen LogP contribution < -0.4 is 9.80 Å². The number of nitrogens with zero attached hydrogens (tertiary/aromatic N) is 6. The van der Waals surface area contributed by atoms with Gasteiger partial charge in [0.1, 0.15) is 0 Å². The molecule has 0 bridgehead atoms. The summed E-state index contributed by atoms with van der Waals surface area (Å²) in [5, 5.41) is 9.60. The molecule has 0 saturated heterocycles. The molecule has 0 aliphatic heterocycles. The lowest BCUT2D eigenvalue weighted by Gasteiger charge is -2.26. The number of anilines is 6. The third-order valence-corrected chi connectivity index (χ3v) is 22.7. The van der Waals surface area contributed by atoms with Crippen molar-refractivity contribution in [3.05, 3.63) is 448 Å². The van der Waals surface area contributed by atoms with E-state index in [1.165, 1.54) is 99.0 Å². The lowest BCUT2D eigenvalue weighted by molar-refractivity contribution is 1.16. The van der Waals surface area contributed by atoms with Crippen molar-refractivity contribution >= 4 is 121 Å². The number of aromatic nitrogens is 4. The van der Waals surface area contributed by atoms with Gasteiger partial charge in [-0.2, -0.15) is 0 Å². The first kappa shape index (κ1) is 63.4. The van der Waals surface area contributed by atoms with Crippen molar-refractivity contribution in [3.63, 3.8) is 0 Å². The Hall–Kier alpha value is -15.2. The summed E-state index contributed by atoms with van der Waals surface area (Å²) >= 11 is 0. The van der Waals surface area contributed by atoms with Gasteiger partial charge in [-0.15, -0.1) is 0 Å². The van der Waals surface area contributed by atoms with Crippen LogP contribution in [-0.4, -0.2) is 18.3 Å². The number of hydrogen-bond donors (Lipinski definition) is 0. The Labute approximate surface area is 681 Å². The van der Waals surface area contributed by atoms with Crippen LogP contribution in [0.25, 0.3) is 154 Å². The Morgan fingerprint density at radius 3 is 0.845 bits per heavy atom. The second-order valence-electron chi connectivity index (χ2n) is 29.9. The summed E-state index contributed by atoms with van der Waals surface area (Å²) < 4.78 is 53.0. The predicted octanol–water partition coefficient (Wildman–Crippen LogP) is 30.0. The van der Waals surface area contributed by atoms with Crippen molar-refractivity contribution in [2.75, 3.05) is 9.80 Å². The smallest absolute Gasteiger partial charge is 0.0645 e. The Morgan fingerprint density at radius 2 is 0.457 bits per heavy atom. The minimum absolute atomic E-state index is 0.0799. The van der Waals surface area contributed by atoms with Crippen molar-refractivity contribution < 1.29 is 6.85 Å².